The summed E-state index contributed by atoms with van der Waals surface area (Å²) >= 11 is 1.20. The van der Waals surface area contributed by atoms with Crippen molar-refractivity contribution in [3.8, 4) is 0 Å². The van der Waals surface area contributed by atoms with E-state index in [0.717, 1.165) is 25.0 Å². The lowest BCUT2D eigenvalue weighted by atomic mass is 10.2. The number of nitrogens with one attached hydrogen (secondary N) is 1. The molecule has 0 aliphatic rings. The maximum absolute atomic E-state index is 11.5. The zero-order chi connectivity index (χ0) is 14.1. The Labute approximate surface area is 117 Å². The fourth-order valence-corrected chi connectivity index (χ4v) is 2.56. The van der Waals surface area contributed by atoms with E-state index in [0.29, 0.717) is 25.9 Å². The first-order valence-corrected chi connectivity index (χ1v) is 7.55. The molecule has 0 aromatic carbocycles. The van der Waals surface area contributed by atoms with Crippen LogP contribution in [-0.4, -0.2) is 28.7 Å². The summed E-state index contributed by atoms with van der Waals surface area (Å²) in [5, 5.41) is 13.3. The highest BCUT2D eigenvalue weighted by Crippen LogP contribution is 2.02. The summed E-state index contributed by atoms with van der Waals surface area (Å²) in [4.78, 5) is 23.0. The second kappa shape index (κ2) is 8.87. The van der Waals surface area contributed by atoms with E-state index in [1.807, 2.05) is 12.3 Å². The van der Waals surface area contributed by atoms with Crippen LogP contribution in [0.1, 0.15) is 37.8 Å². The number of carbonyl (C=O) groups excluding carboxylic acids is 1. The Kier molecular flexibility index (Phi) is 7.43. The summed E-state index contributed by atoms with van der Waals surface area (Å²) in [6.07, 6.45) is 3.74. The van der Waals surface area contributed by atoms with Crippen LogP contribution in [0.3, 0.4) is 0 Å². The van der Waals surface area contributed by atoms with E-state index >= 15 is 0 Å². The predicted octanol–water partition coefficient (Wildman–Crippen LogP) is 1.28. The van der Waals surface area contributed by atoms with E-state index in [9.17, 15) is 9.59 Å². The molecule has 108 valence electrons. The third-order valence-electron chi connectivity index (χ3n) is 2.92. The molecule has 0 aliphatic heterocycles. The zero-order valence-corrected chi connectivity index (χ0v) is 12.2. The molecule has 1 heterocycles. The molecule has 2 N–H and O–H groups in total. The standard InChI is InChI=1S/C13H22N2O3S/c1-11-10-19-13(18)15(11)8-5-6-12(17)14-7-3-2-4-9-16/h10,16H,2-9H2,1H3,(H,14,17). The van der Waals surface area contributed by atoms with Crippen LogP contribution in [0.25, 0.3) is 0 Å². The van der Waals surface area contributed by atoms with E-state index in [-0.39, 0.29) is 17.4 Å². The second-order valence-corrected chi connectivity index (χ2v) is 5.35. The van der Waals surface area contributed by atoms with Gasteiger partial charge in [-0.2, -0.15) is 0 Å². The highest BCUT2D eigenvalue weighted by Gasteiger charge is 2.04. The lowest BCUT2D eigenvalue weighted by Crippen LogP contribution is -2.25. The van der Waals surface area contributed by atoms with Crippen LogP contribution in [0.2, 0.25) is 0 Å². The third kappa shape index (κ3) is 6.02. The summed E-state index contributed by atoms with van der Waals surface area (Å²) in [6.45, 7) is 3.38. The summed E-state index contributed by atoms with van der Waals surface area (Å²) in [5.74, 6) is 0.0323. The average Bonchev–Trinajstić information content (AvgIpc) is 2.70. The Bertz CT molecular complexity index is 439. The summed E-state index contributed by atoms with van der Waals surface area (Å²) < 4.78 is 1.71. The normalized spacial score (nSPS) is 10.6. The van der Waals surface area contributed by atoms with E-state index < -0.39 is 0 Å². The average molecular weight is 286 g/mol. The Morgan fingerprint density at radius 1 is 1.37 bits per heavy atom. The smallest absolute Gasteiger partial charge is 0.307 e. The molecule has 5 nitrogen and oxygen atoms in total. The lowest BCUT2D eigenvalue weighted by molar-refractivity contribution is -0.121. The van der Waals surface area contributed by atoms with Crippen molar-refractivity contribution in [2.24, 2.45) is 0 Å². The molecule has 0 aliphatic carbocycles. The molecule has 1 amide bonds. The molecule has 0 fully saturated rings. The van der Waals surface area contributed by atoms with Gasteiger partial charge in [-0.15, -0.1) is 0 Å². The number of amides is 1. The summed E-state index contributed by atoms with van der Waals surface area (Å²) in [7, 11) is 0. The van der Waals surface area contributed by atoms with Gasteiger partial charge in [0.05, 0.1) is 0 Å². The number of aliphatic hydroxyl groups excluding tert-OH is 1. The third-order valence-corrected chi connectivity index (χ3v) is 3.80. The molecular weight excluding hydrogens is 264 g/mol. The number of aliphatic hydroxyl groups is 1. The van der Waals surface area contributed by atoms with E-state index in [1.165, 1.54) is 11.3 Å². The fourth-order valence-electron chi connectivity index (χ4n) is 1.80. The number of aryl methyl sites for hydroxylation is 1. The fraction of sp³-hybridized carbons (Fsp3) is 0.692. The molecule has 1 aromatic rings. The number of unbranched alkanes of at least 4 members (excludes halogenated alkanes) is 2. The van der Waals surface area contributed by atoms with Crippen molar-refractivity contribution in [3.63, 3.8) is 0 Å². The lowest BCUT2D eigenvalue weighted by Gasteiger charge is -2.06. The highest BCUT2D eigenvalue weighted by atomic mass is 32.1. The highest BCUT2D eigenvalue weighted by molar-refractivity contribution is 7.07. The molecule has 0 radical (unpaired) electrons. The van der Waals surface area contributed by atoms with Crippen LogP contribution in [0, 0.1) is 6.92 Å². The molecule has 0 atom stereocenters. The summed E-state index contributed by atoms with van der Waals surface area (Å²) in [6, 6.07) is 0. The molecule has 0 unspecified atom stereocenters. The number of aromatic nitrogens is 1. The Hall–Kier alpha value is -1.14. The monoisotopic (exact) mass is 286 g/mol. The molecule has 1 aromatic heterocycles. The number of hydrogen-bond donors (Lipinski definition) is 2. The first-order valence-electron chi connectivity index (χ1n) is 6.67. The summed E-state index contributed by atoms with van der Waals surface area (Å²) in [5.41, 5.74) is 0.958. The Morgan fingerprint density at radius 3 is 2.79 bits per heavy atom. The van der Waals surface area contributed by atoms with Gasteiger partial charge in [-0.25, -0.2) is 0 Å². The zero-order valence-electron chi connectivity index (χ0n) is 11.4. The van der Waals surface area contributed by atoms with Crippen molar-refractivity contribution >= 4 is 17.2 Å². The van der Waals surface area contributed by atoms with Gasteiger partial charge in [0.25, 0.3) is 0 Å². The van der Waals surface area contributed by atoms with Crippen LogP contribution in [0.15, 0.2) is 10.2 Å². The topological polar surface area (TPSA) is 71.3 Å². The van der Waals surface area contributed by atoms with Crippen molar-refractivity contribution in [3.05, 3.63) is 20.7 Å². The van der Waals surface area contributed by atoms with Crippen LogP contribution < -0.4 is 10.2 Å². The first-order chi connectivity index (χ1) is 9.15. The maximum atomic E-state index is 11.5. The van der Waals surface area contributed by atoms with Crippen LogP contribution >= 0.6 is 11.3 Å². The van der Waals surface area contributed by atoms with Crippen LogP contribution in [0.4, 0.5) is 0 Å². The molecular formula is C13H22N2O3S. The van der Waals surface area contributed by atoms with Gasteiger partial charge in [0.15, 0.2) is 0 Å². The van der Waals surface area contributed by atoms with Gasteiger partial charge in [-0.1, -0.05) is 11.3 Å². The molecule has 19 heavy (non-hydrogen) atoms. The maximum Gasteiger partial charge on any atom is 0.307 e. The molecule has 0 spiro atoms. The predicted molar refractivity (Wildman–Crippen MR) is 76.5 cm³/mol. The minimum atomic E-state index is 0.0323. The second-order valence-electron chi connectivity index (χ2n) is 4.53. The van der Waals surface area contributed by atoms with Gasteiger partial charge in [0.1, 0.15) is 0 Å². The minimum absolute atomic E-state index is 0.0323. The number of nitrogens with zero attached hydrogens (tertiary/aromatic N) is 1. The quantitative estimate of drug-likeness (QED) is 0.672. The SMILES string of the molecule is Cc1csc(=O)n1CCCC(=O)NCCCCCO. The van der Waals surface area contributed by atoms with E-state index in [2.05, 4.69) is 5.32 Å². The van der Waals surface area contributed by atoms with Crippen molar-refractivity contribution in [1.29, 1.82) is 0 Å². The molecule has 6 heteroatoms. The largest absolute Gasteiger partial charge is 0.396 e. The molecule has 1 rings (SSSR count). The van der Waals surface area contributed by atoms with Gasteiger partial charge in [0.2, 0.25) is 5.91 Å². The van der Waals surface area contributed by atoms with Gasteiger partial charge in [0, 0.05) is 37.2 Å². The number of rotatable bonds is 9. The van der Waals surface area contributed by atoms with E-state index in [1.54, 1.807) is 4.57 Å². The van der Waals surface area contributed by atoms with Crippen molar-refractivity contribution in [2.45, 2.75) is 45.6 Å². The molecule has 0 saturated heterocycles. The number of thiazole rings is 1. The van der Waals surface area contributed by atoms with Gasteiger partial charge < -0.3 is 15.0 Å². The van der Waals surface area contributed by atoms with Gasteiger partial charge >= 0.3 is 4.87 Å². The van der Waals surface area contributed by atoms with Crippen LogP contribution in [-0.2, 0) is 11.3 Å². The van der Waals surface area contributed by atoms with E-state index in [4.69, 9.17) is 5.11 Å². The van der Waals surface area contributed by atoms with Crippen molar-refractivity contribution in [2.75, 3.05) is 13.2 Å². The molecule has 0 saturated carbocycles. The Balaban J connectivity index is 2.12. The number of hydrogen-bond acceptors (Lipinski definition) is 4. The van der Waals surface area contributed by atoms with Gasteiger partial charge in [-0.3, -0.25) is 9.59 Å². The Morgan fingerprint density at radius 2 is 2.16 bits per heavy atom. The van der Waals surface area contributed by atoms with Crippen molar-refractivity contribution in [1.82, 2.24) is 9.88 Å². The first kappa shape index (κ1) is 15.9. The molecule has 0 bridgehead atoms. The minimum Gasteiger partial charge on any atom is -0.396 e. The van der Waals surface area contributed by atoms with Crippen molar-refractivity contribution < 1.29 is 9.90 Å². The van der Waals surface area contributed by atoms with Gasteiger partial charge in [-0.05, 0) is 32.6 Å². The van der Waals surface area contributed by atoms with Crippen LogP contribution in [0.5, 0.6) is 0 Å². The number of carbonyl (C=O) groups is 1.